The Morgan fingerprint density at radius 3 is 2.49 bits per heavy atom. The van der Waals surface area contributed by atoms with Crippen molar-refractivity contribution in [2.24, 2.45) is 0 Å². The van der Waals surface area contributed by atoms with Crippen LogP contribution in [0.25, 0.3) is 6.08 Å². The molecule has 190 valence electrons. The van der Waals surface area contributed by atoms with Crippen molar-refractivity contribution in [3.8, 4) is 11.5 Å². The number of carbonyl (C=O) groups is 2. The lowest BCUT2D eigenvalue weighted by atomic mass is 10.1. The van der Waals surface area contributed by atoms with Crippen molar-refractivity contribution in [2.75, 3.05) is 23.4 Å². The highest BCUT2D eigenvalue weighted by Crippen LogP contribution is 2.38. The Balaban J connectivity index is 1.46. The molecule has 1 fully saturated rings. The minimum absolute atomic E-state index is 0.161. The Bertz CT molecular complexity index is 1350. The highest BCUT2D eigenvalue weighted by molar-refractivity contribution is 8.27. The van der Waals surface area contributed by atoms with Gasteiger partial charge in [0.1, 0.15) is 0 Å². The number of anilines is 2. The Kier molecular flexibility index (Phi) is 8.63. The van der Waals surface area contributed by atoms with Gasteiger partial charge in [-0.2, -0.15) is 0 Å². The van der Waals surface area contributed by atoms with Gasteiger partial charge in [-0.25, -0.2) is 0 Å². The fraction of sp³-hybridized carbons (Fsp3) is 0.207. The van der Waals surface area contributed by atoms with E-state index in [0.29, 0.717) is 33.0 Å². The zero-order valence-electron chi connectivity index (χ0n) is 20.9. The maximum atomic E-state index is 13.2. The number of rotatable bonds is 9. The molecule has 37 heavy (non-hydrogen) atoms. The van der Waals surface area contributed by atoms with Gasteiger partial charge < -0.3 is 14.8 Å². The molecular weight excluding hydrogens is 504 g/mol. The van der Waals surface area contributed by atoms with Gasteiger partial charge in [0.15, 0.2) is 22.4 Å². The third-order valence-corrected chi connectivity index (χ3v) is 7.02. The highest BCUT2D eigenvalue weighted by atomic mass is 32.2. The van der Waals surface area contributed by atoms with Crippen molar-refractivity contribution in [3.63, 3.8) is 0 Å². The number of benzene rings is 3. The number of aryl methyl sites for hydroxylation is 2. The van der Waals surface area contributed by atoms with Gasteiger partial charge in [0.05, 0.1) is 17.2 Å². The van der Waals surface area contributed by atoms with E-state index in [1.807, 2.05) is 68.4 Å². The lowest BCUT2D eigenvalue weighted by molar-refractivity contribution is -0.118. The summed E-state index contributed by atoms with van der Waals surface area (Å²) in [6.07, 6.45) is 2.73. The van der Waals surface area contributed by atoms with Crippen LogP contribution in [0.5, 0.6) is 11.5 Å². The van der Waals surface area contributed by atoms with E-state index in [0.717, 1.165) is 23.2 Å². The summed E-state index contributed by atoms with van der Waals surface area (Å²) < 4.78 is 12.0. The predicted octanol–water partition coefficient (Wildman–Crippen LogP) is 6.38. The summed E-state index contributed by atoms with van der Waals surface area (Å²) in [5, 5.41) is 2.83. The number of nitrogens with one attached hydrogen (secondary N) is 1. The topological polar surface area (TPSA) is 67.9 Å². The molecule has 0 spiro atoms. The van der Waals surface area contributed by atoms with E-state index in [1.165, 1.54) is 17.3 Å². The zero-order valence-corrected chi connectivity index (χ0v) is 22.6. The molecule has 3 aromatic carbocycles. The molecule has 1 heterocycles. The molecule has 6 nitrogen and oxygen atoms in total. The van der Waals surface area contributed by atoms with Crippen LogP contribution in [-0.2, 0) is 16.0 Å². The number of thiocarbonyl (C=S) groups is 1. The molecule has 0 atom stereocenters. The predicted molar refractivity (Wildman–Crippen MR) is 154 cm³/mol. The Morgan fingerprint density at radius 2 is 1.78 bits per heavy atom. The molecule has 1 saturated heterocycles. The Morgan fingerprint density at radius 1 is 1.03 bits per heavy atom. The quantitative estimate of drug-likeness (QED) is 0.255. The lowest BCUT2D eigenvalue weighted by Gasteiger charge is -2.16. The van der Waals surface area contributed by atoms with Gasteiger partial charge in [0, 0.05) is 5.69 Å². The molecule has 3 aromatic rings. The number of nitrogens with zero attached hydrogens (tertiary/aromatic N) is 1. The van der Waals surface area contributed by atoms with Gasteiger partial charge in [0.2, 0.25) is 0 Å². The van der Waals surface area contributed by atoms with Gasteiger partial charge in [-0.15, -0.1) is 0 Å². The number of hydrogen-bond acceptors (Lipinski definition) is 6. The largest absolute Gasteiger partial charge is 0.490 e. The van der Waals surface area contributed by atoms with E-state index in [4.69, 9.17) is 21.7 Å². The van der Waals surface area contributed by atoms with E-state index in [9.17, 15) is 9.59 Å². The van der Waals surface area contributed by atoms with Crippen LogP contribution in [0.4, 0.5) is 11.4 Å². The van der Waals surface area contributed by atoms with Crippen LogP contribution in [0, 0.1) is 6.92 Å². The zero-order chi connectivity index (χ0) is 26.4. The van der Waals surface area contributed by atoms with Crippen LogP contribution in [-0.4, -0.2) is 29.3 Å². The summed E-state index contributed by atoms with van der Waals surface area (Å²) >= 11 is 6.77. The second-order valence-corrected chi connectivity index (χ2v) is 10.0. The normalized spacial score (nSPS) is 14.2. The van der Waals surface area contributed by atoms with Crippen molar-refractivity contribution < 1.29 is 19.1 Å². The average Bonchev–Trinajstić information content (AvgIpc) is 3.16. The van der Waals surface area contributed by atoms with Gasteiger partial charge in [-0.3, -0.25) is 14.5 Å². The number of para-hydroxylation sites is 1. The second kappa shape index (κ2) is 12.1. The third-order valence-electron chi connectivity index (χ3n) is 5.72. The van der Waals surface area contributed by atoms with Gasteiger partial charge >= 0.3 is 0 Å². The van der Waals surface area contributed by atoms with Crippen LogP contribution in [0.3, 0.4) is 0 Å². The first-order chi connectivity index (χ1) is 17.9. The minimum atomic E-state index is -0.268. The summed E-state index contributed by atoms with van der Waals surface area (Å²) in [6.45, 7) is 6.16. The monoisotopic (exact) mass is 532 g/mol. The molecule has 8 heteroatoms. The van der Waals surface area contributed by atoms with Gasteiger partial charge in [-0.05, 0) is 73.4 Å². The minimum Gasteiger partial charge on any atom is -0.490 e. The third kappa shape index (κ3) is 6.39. The number of ether oxygens (including phenoxy) is 2. The smallest absolute Gasteiger partial charge is 0.270 e. The standard InChI is InChI=1S/C29H28N2O4S2/c1-4-20-10-13-22(14-11-20)30-27(32)18-35-24-15-12-21(16-25(24)34-5-2)17-26-28(33)31(29(36)37-26)23-9-7-6-8-19(23)3/h6-17H,4-5,18H2,1-3H3,(H,30,32)/b26-17-. The summed E-state index contributed by atoms with van der Waals surface area (Å²) in [4.78, 5) is 27.7. The fourth-order valence-electron chi connectivity index (χ4n) is 3.81. The average molecular weight is 533 g/mol. The molecule has 0 bridgehead atoms. The molecule has 1 N–H and O–H groups in total. The number of thioether (sulfide) groups is 1. The van der Waals surface area contributed by atoms with Crippen LogP contribution < -0.4 is 19.7 Å². The van der Waals surface area contributed by atoms with Crippen LogP contribution in [0.15, 0.2) is 71.6 Å². The molecule has 2 amide bonds. The molecule has 1 aliphatic rings. The summed E-state index contributed by atoms with van der Waals surface area (Å²) in [5.74, 6) is 0.510. The summed E-state index contributed by atoms with van der Waals surface area (Å²) in [5.41, 5.74) is 4.44. The fourth-order valence-corrected chi connectivity index (χ4v) is 5.09. The van der Waals surface area contributed by atoms with E-state index >= 15 is 0 Å². The first-order valence-corrected chi connectivity index (χ1v) is 13.2. The molecule has 0 aliphatic carbocycles. The number of carbonyl (C=O) groups excluding carboxylic acids is 2. The second-order valence-electron chi connectivity index (χ2n) is 8.33. The van der Waals surface area contributed by atoms with E-state index in [2.05, 4.69) is 12.2 Å². The van der Waals surface area contributed by atoms with Crippen molar-refractivity contribution in [1.29, 1.82) is 0 Å². The van der Waals surface area contributed by atoms with E-state index < -0.39 is 0 Å². The molecule has 0 radical (unpaired) electrons. The molecular formula is C29H28N2O4S2. The van der Waals surface area contributed by atoms with Crippen LogP contribution in [0.1, 0.15) is 30.5 Å². The SMILES string of the molecule is CCOc1cc(/C=C2\SC(=S)N(c3ccccc3C)C2=O)ccc1OCC(=O)Nc1ccc(CC)cc1. The van der Waals surface area contributed by atoms with E-state index in [1.54, 1.807) is 23.1 Å². The van der Waals surface area contributed by atoms with Gasteiger partial charge in [-0.1, -0.05) is 67.3 Å². The van der Waals surface area contributed by atoms with Crippen molar-refractivity contribution in [3.05, 3.63) is 88.3 Å². The number of hydrogen-bond donors (Lipinski definition) is 1. The maximum Gasteiger partial charge on any atom is 0.270 e. The highest BCUT2D eigenvalue weighted by Gasteiger charge is 2.34. The molecule has 0 unspecified atom stereocenters. The molecule has 1 aliphatic heterocycles. The summed E-state index contributed by atoms with van der Waals surface area (Å²) in [6, 6.07) is 20.7. The number of amides is 2. The molecule has 4 rings (SSSR count). The van der Waals surface area contributed by atoms with Gasteiger partial charge in [0.25, 0.3) is 11.8 Å². The Labute approximate surface area is 226 Å². The Hall–Kier alpha value is -3.62. The summed E-state index contributed by atoms with van der Waals surface area (Å²) in [7, 11) is 0. The lowest BCUT2D eigenvalue weighted by Crippen LogP contribution is -2.28. The van der Waals surface area contributed by atoms with Crippen LogP contribution in [0.2, 0.25) is 0 Å². The first kappa shape index (κ1) is 26.4. The van der Waals surface area contributed by atoms with Crippen LogP contribution >= 0.6 is 24.0 Å². The van der Waals surface area contributed by atoms with E-state index in [-0.39, 0.29) is 18.4 Å². The van der Waals surface area contributed by atoms with Crippen molar-refractivity contribution in [2.45, 2.75) is 27.2 Å². The molecule has 0 aromatic heterocycles. The van der Waals surface area contributed by atoms with Crippen molar-refractivity contribution >= 4 is 57.6 Å². The molecule has 0 saturated carbocycles. The van der Waals surface area contributed by atoms with Crippen molar-refractivity contribution in [1.82, 2.24) is 0 Å². The maximum absolute atomic E-state index is 13.2. The first-order valence-electron chi connectivity index (χ1n) is 12.0.